The van der Waals surface area contributed by atoms with E-state index in [1.54, 1.807) is 6.92 Å². The molecule has 1 saturated heterocycles. The fraction of sp³-hybridized carbons (Fsp3) is 0.333. The lowest BCUT2D eigenvalue weighted by molar-refractivity contribution is 0.187. The Balaban J connectivity index is 1.39. The first-order valence-corrected chi connectivity index (χ1v) is 11.9. The summed E-state index contributed by atoms with van der Waals surface area (Å²) in [4.78, 5) is 19.9. The molecule has 3 aromatic rings. The second-order valence-corrected chi connectivity index (χ2v) is 9.69. The number of nitrogens with zero attached hydrogens (tertiary/aromatic N) is 3. The molecule has 180 valence electrons. The van der Waals surface area contributed by atoms with Gasteiger partial charge < -0.3 is 15.4 Å². The number of methoxy groups -OCH3 is 1. The Hall–Kier alpha value is -3.34. The Labute approximate surface area is 208 Å². The van der Waals surface area contributed by atoms with Crippen LogP contribution in [0.1, 0.15) is 41.4 Å². The number of terminal acetylenes is 1. The van der Waals surface area contributed by atoms with Crippen molar-refractivity contribution >= 4 is 17.4 Å². The van der Waals surface area contributed by atoms with E-state index in [1.165, 1.54) is 35.4 Å². The van der Waals surface area contributed by atoms with E-state index in [0.717, 1.165) is 43.5 Å². The fourth-order valence-corrected chi connectivity index (χ4v) is 5.86. The third kappa shape index (κ3) is 3.78. The summed E-state index contributed by atoms with van der Waals surface area (Å²) in [5.74, 6) is 3.06. The number of benzene rings is 2. The molecule has 0 unspecified atom stereocenters. The largest absolute Gasteiger partial charge is 0.492 e. The Morgan fingerprint density at radius 1 is 1.26 bits per heavy atom. The molecule has 2 heterocycles. The number of rotatable bonds is 3. The smallest absolute Gasteiger partial charge is 0.260 e. The number of anilines is 1. The van der Waals surface area contributed by atoms with Crippen molar-refractivity contribution in [1.82, 2.24) is 9.55 Å². The number of fused-ring (bicyclic) bond motifs is 1. The molecule has 0 bridgehead atoms. The summed E-state index contributed by atoms with van der Waals surface area (Å²) in [6, 6.07) is 10.2. The minimum absolute atomic E-state index is 0.0196. The van der Waals surface area contributed by atoms with E-state index in [2.05, 4.69) is 16.9 Å². The van der Waals surface area contributed by atoms with Crippen LogP contribution in [0.15, 0.2) is 41.2 Å². The molecular weight excluding hydrogens is 467 g/mol. The van der Waals surface area contributed by atoms with Crippen LogP contribution in [-0.2, 0) is 6.42 Å². The second kappa shape index (κ2) is 8.71. The molecule has 6 nitrogen and oxygen atoms in total. The lowest BCUT2D eigenvalue weighted by Gasteiger charge is -2.42. The molecule has 0 radical (unpaired) electrons. The number of piperidine rings is 1. The topological polar surface area (TPSA) is 73.4 Å². The summed E-state index contributed by atoms with van der Waals surface area (Å²) in [5, 5.41) is 0.0231. The summed E-state index contributed by atoms with van der Waals surface area (Å²) >= 11 is 6.34. The van der Waals surface area contributed by atoms with Crippen LogP contribution in [0.3, 0.4) is 0 Å². The van der Waals surface area contributed by atoms with Crippen LogP contribution in [0.4, 0.5) is 10.2 Å². The van der Waals surface area contributed by atoms with Crippen LogP contribution in [0.25, 0.3) is 5.69 Å². The molecule has 1 aliphatic carbocycles. The molecule has 2 N–H and O–H groups in total. The van der Waals surface area contributed by atoms with Crippen molar-refractivity contribution in [1.29, 1.82) is 0 Å². The standard InChI is InChI=1S/C27H26ClFN4O2/c1-4-17-5-6-18-15-27(26(30)19(18)13-17)9-11-32(12-10-27)22-14-23(34)33(16(2)31-22)21-8-7-20(29)25(35-3)24(21)28/h1,5-8,13-14,26H,9-12,15,30H2,2-3H3/t26-/m1/s1. The minimum Gasteiger partial charge on any atom is -0.492 e. The molecule has 1 aromatic heterocycles. The molecule has 2 aliphatic rings. The van der Waals surface area contributed by atoms with Crippen LogP contribution in [-0.4, -0.2) is 29.8 Å². The van der Waals surface area contributed by atoms with E-state index in [1.807, 2.05) is 12.1 Å². The number of hydrogen-bond acceptors (Lipinski definition) is 5. The van der Waals surface area contributed by atoms with E-state index in [0.29, 0.717) is 17.3 Å². The van der Waals surface area contributed by atoms with Crippen LogP contribution >= 0.6 is 11.6 Å². The molecule has 1 fully saturated rings. The maximum atomic E-state index is 14.0. The van der Waals surface area contributed by atoms with Gasteiger partial charge in [-0.05, 0) is 67.0 Å². The highest BCUT2D eigenvalue weighted by molar-refractivity contribution is 6.33. The van der Waals surface area contributed by atoms with Gasteiger partial charge in [-0.1, -0.05) is 23.6 Å². The van der Waals surface area contributed by atoms with E-state index in [4.69, 9.17) is 33.5 Å². The molecule has 0 amide bonds. The Bertz CT molecular complexity index is 1420. The van der Waals surface area contributed by atoms with Crippen LogP contribution in [0, 0.1) is 30.5 Å². The van der Waals surface area contributed by atoms with E-state index in [-0.39, 0.29) is 27.8 Å². The molecule has 0 saturated carbocycles. The zero-order chi connectivity index (χ0) is 24.9. The monoisotopic (exact) mass is 492 g/mol. The predicted octanol–water partition coefficient (Wildman–Crippen LogP) is 4.17. The first kappa shape index (κ1) is 23.4. The van der Waals surface area contributed by atoms with Gasteiger partial charge in [0.1, 0.15) is 16.7 Å². The van der Waals surface area contributed by atoms with Crippen molar-refractivity contribution in [3.05, 3.63) is 80.1 Å². The highest BCUT2D eigenvalue weighted by Gasteiger charge is 2.46. The number of ether oxygens (including phenoxy) is 1. The predicted molar refractivity (Wildman–Crippen MR) is 135 cm³/mol. The molecule has 8 heteroatoms. The third-order valence-corrected chi connectivity index (χ3v) is 7.84. The van der Waals surface area contributed by atoms with Gasteiger partial charge in [0.25, 0.3) is 5.56 Å². The van der Waals surface area contributed by atoms with Crippen molar-refractivity contribution in [2.24, 2.45) is 11.1 Å². The van der Waals surface area contributed by atoms with E-state index in [9.17, 15) is 9.18 Å². The van der Waals surface area contributed by atoms with Crippen molar-refractivity contribution in [2.75, 3.05) is 25.1 Å². The quantitative estimate of drug-likeness (QED) is 0.556. The van der Waals surface area contributed by atoms with E-state index >= 15 is 0 Å². The number of aryl methyl sites for hydroxylation is 1. The average molecular weight is 493 g/mol. The zero-order valence-electron chi connectivity index (χ0n) is 19.6. The maximum Gasteiger partial charge on any atom is 0.260 e. The highest BCUT2D eigenvalue weighted by Crippen LogP contribution is 2.51. The zero-order valence-corrected chi connectivity index (χ0v) is 20.4. The third-order valence-electron chi connectivity index (χ3n) is 7.48. The van der Waals surface area contributed by atoms with Crippen molar-refractivity contribution in [3.63, 3.8) is 0 Å². The van der Waals surface area contributed by atoms with Crippen molar-refractivity contribution < 1.29 is 9.13 Å². The molecule has 1 spiro atoms. The Morgan fingerprint density at radius 3 is 2.66 bits per heavy atom. The van der Waals surface area contributed by atoms with Crippen molar-refractivity contribution in [2.45, 2.75) is 32.2 Å². The summed E-state index contributed by atoms with van der Waals surface area (Å²) in [7, 11) is 1.33. The molecule has 35 heavy (non-hydrogen) atoms. The summed E-state index contributed by atoms with van der Waals surface area (Å²) in [6.45, 7) is 3.21. The van der Waals surface area contributed by atoms with Gasteiger partial charge in [0.2, 0.25) is 0 Å². The van der Waals surface area contributed by atoms with Gasteiger partial charge in [-0.3, -0.25) is 9.36 Å². The van der Waals surface area contributed by atoms with Crippen molar-refractivity contribution in [3.8, 4) is 23.8 Å². The maximum absolute atomic E-state index is 14.0. The van der Waals surface area contributed by atoms with Crippen LogP contribution in [0.2, 0.25) is 5.02 Å². The number of aromatic nitrogens is 2. The highest BCUT2D eigenvalue weighted by atomic mass is 35.5. The lowest BCUT2D eigenvalue weighted by Crippen LogP contribution is -2.45. The number of hydrogen-bond donors (Lipinski definition) is 1. The molecule has 5 rings (SSSR count). The van der Waals surface area contributed by atoms with Gasteiger partial charge >= 0.3 is 0 Å². The SMILES string of the molecule is C#Cc1ccc2c(c1)[C@@H](N)C1(CCN(c3cc(=O)n(-c4ccc(F)c(OC)c4Cl)c(C)n3)CC1)C2. The average Bonchev–Trinajstić information content (AvgIpc) is 3.11. The number of halogens is 2. The first-order valence-electron chi connectivity index (χ1n) is 11.5. The molecule has 2 aromatic carbocycles. The van der Waals surface area contributed by atoms with Crippen LogP contribution < -0.4 is 20.9 Å². The van der Waals surface area contributed by atoms with Gasteiger partial charge in [-0.25, -0.2) is 9.37 Å². The van der Waals surface area contributed by atoms with Crippen LogP contribution in [0.5, 0.6) is 5.75 Å². The molecule has 1 aliphatic heterocycles. The number of nitrogens with two attached hydrogens (primary N) is 1. The second-order valence-electron chi connectivity index (χ2n) is 9.31. The van der Waals surface area contributed by atoms with Gasteiger partial charge in [0.05, 0.1) is 12.8 Å². The summed E-state index contributed by atoms with van der Waals surface area (Å²) in [6.07, 6.45) is 8.29. The van der Waals surface area contributed by atoms with Gasteiger partial charge in [0.15, 0.2) is 11.6 Å². The Kier molecular flexibility index (Phi) is 5.82. The lowest BCUT2D eigenvalue weighted by atomic mass is 9.73. The molecular formula is C27H26ClFN4O2. The van der Waals surface area contributed by atoms with Gasteiger partial charge in [-0.15, -0.1) is 6.42 Å². The summed E-state index contributed by atoms with van der Waals surface area (Å²) < 4.78 is 20.4. The molecule has 1 atom stereocenters. The van der Waals surface area contributed by atoms with Gasteiger partial charge in [0, 0.05) is 30.8 Å². The minimum atomic E-state index is -0.596. The normalized spacial score (nSPS) is 18.4. The van der Waals surface area contributed by atoms with Gasteiger partial charge in [-0.2, -0.15) is 0 Å². The first-order chi connectivity index (χ1) is 16.8. The Morgan fingerprint density at radius 2 is 2.00 bits per heavy atom. The van der Waals surface area contributed by atoms with E-state index < -0.39 is 5.82 Å². The fourth-order valence-electron chi connectivity index (χ4n) is 5.54. The summed E-state index contributed by atoms with van der Waals surface area (Å²) in [5.41, 5.74) is 10.0.